The fourth-order valence-electron chi connectivity index (χ4n) is 2.82. The summed E-state index contributed by atoms with van der Waals surface area (Å²) in [4.78, 5) is 35.9. The van der Waals surface area contributed by atoms with Crippen LogP contribution in [0.15, 0.2) is 42.5 Å². The molecule has 0 aromatic heterocycles. The number of hydrogen-bond acceptors (Lipinski definition) is 7. The Bertz CT molecular complexity index is 930. The van der Waals surface area contributed by atoms with Gasteiger partial charge in [0, 0.05) is 18.2 Å². The van der Waals surface area contributed by atoms with Crippen LogP contribution in [-0.4, -0.2) is 44.8 Å². The first-order valence-corrected chi connectivity index (χ1v) is 10.2. The highest BCUT2D eigenvalue weighted by molar-refractivity contribution is 6.02. The molecule has 0 fully saturated rings. The highest BCUT2D eigenvalue weighted by Crippen LogP contribution is 2.30. The lowest BCUT2D eigenvalue weighted by atomic mass is 10.1. The van der Waals surface area contributed by atoms with E-state index in [4.69, 9.17) is 18.9 Å². The lowest BCUT2D eigenvalue weighted by molar-refractivity contribution is -0.148. The molecule has 32 heavy (non-hydrogen) atoms. The number of imide groups is 1. The third-order valence-corrected chi connectivity index (χ3v) is 4.21. The maximum Gasteiger partial charge on any atom is 0.325 e. The molecule has 0 radical (unpaired) electrons. The summed E-state index contributed by atoms with van der Waals surface area (Å²) in [5, 5.41) is 4.64. The number of carbonyl (C=O) groups is 3. The van der Waals surface area contributed by atoms with Crippen molar-refractivity contribution >= 4 is 23.6 Å². The molecule has 0 saturated carbocycles. The fourth-order valence-corrected chi connectivity index (χ4v) is 2.82. The van der Waals surface area contributed by atoms with E-state index in [1.54, 1.807) is 31.4 Å². The Morgan fingerprint density at radius 3 is 2.34 bits per heavy atom. The van der Waals surface area contributed by atoms with Gasteiger partial charge in [0.05, 0.1) is 20.3 Å². The maximum absolute atomic E-state index is 12.1. The highest BCUT2D eigenvalue weighted by atomic mass is 16.5. The summed E-state index contributed by atoms with van der Waals surface area (Å²) in [5.74, 6) is 0.402. The number of methoxy groups -OCH3 is 1. The quantitative estimate of drug-likeness (QED) is 0.511. The van der Waals surface area contributed by atoms with E-state index in [1.807, 2.05) is 32.0 Å². The standard InChI is InChI=1S/C23H28N2O7/c1-4-30-19-12-11-17(14-20(19)31-5-2)24-23(28)25-21(26)15-32-22(27)13-10-16-8-6-7-9-18(16)29-3/h6-9,11-12,14H,4-5,10,13,15H2,1-3H3,(H2,24,25,26,28). The molecule has 0 bridgehead atoms. The van der Waals surface area contributed by atoms with Crippen LogP contribution in [0.25, 0.3) is 0 Å². The zero-order valence-corrected chi connectivity index (χ0v) is 18.4. The maximum atomic E-state index is 12.1. The molecule has 0 heterocycles. The number of hydrogen-bond donors (Lipinski definition) is 2. The smallest absolute Gasteiger partial charge is 0.325 e. The first-order chi connectivity index (χ1) is 15.5. The third kappa shape index (κ3) is 7.82. The topological polar surface area (TPSA) is 112 Å². The number of carbonyl (C=O) groups excluding carboxylic acids is 3. The number of rotatable bonds is 11. The van der Waals surface area contributed by atoms with Gasteiger partial charge in [0.2, 0.25) is 0 Å². The van der Waals surface area contributed by atoms with Crippen molar-refractivity contribution in [1.82, 2.24) is 5.32 Å². The fraction of sp³-hybridized carbons (Fsp3) is 0.348. The third-order valence-electron chi connectivity index (χ3n) is 4.21. The predicted molar refractivity (Wildman–Crippen MR) is 118 cm³/mol. The first kappa shape index (κ1) is 24.5. The van der Waals surface area contributed by atoms with E-state index in [-0.39, 0.29) is 6.42 Å². The molecule has 2 aromatic carbocycles. The van der Waals surface area contributed by atoms with Gasteiger partial charge in [0.25, 0.3) is 5.91 Å². The van der Waals surface area contributed by atoms with Crippen molar-refractivity contribution in [1.29, 1.82) is 0 Å². The van der Waals surface area contributed by atoms with Crippen LogP contribution in [0.5, 0.6) is 17.2 Å². The van der Waals surface area contributed by atoms with Crippen LogP contribution in [0.4, 0.5) is 10.5 Å². The summed E-state index contributed by atoms with van der Waals surface area (Å²) in [6.07, 6.45) is 0.483. The highest BCUT2D eigenvalue weighted by Gasteiger charge is 2.13. The van der Waals surface area contributed by atoms with Gasteiger partial charge in [-0.15, -0.1) is 0 Å². The van der Waals surface area contributed by atoms with Crippen molar-refractivity contribution < 1.29 is 33.3 Å². The molecule has 9 heteroatoms. The monoisotopic (exact) mass is 444 g/mol. The summed E-state index contributed by atoms with van der Waals surface area (Å²) in [5.41, 5.74) is 1.27. The Kier molecular flexibility index (Phi) is 9.83. The summed E-state index contributed by atoms with van der Waals surface area (Å²) in [6, 6.07) is 11.4. The van der Waals surface area contributed by atoms with E-state index in [9.17, 15) is 14.4 Å². The van der Waals surface area contributed by atoms with Crippen molar-refractivity contribution in [3.63, 3.8) is 0 Å². The lowest BCUT2D eigenvalue weighted by Crippen LogP contribution is -2.37. The van der Waals surface area contributed by atoms with Gasteiger partial charge in [0.15, 0.2) is 18.1 Å². The molecular formula is C23H28N2O7. The largest absolute Gasteiger partial charge is 0.496 e. The summed E-state index contributed by atoms with van der Waals surface area (Å²) in [6.45, 7) is 4.02. The van der Waals surface area contributed by atoms with Crippen molar-refractivity contribution in [3.8, 4) is 17.2 Å². The zero-order valence-electron chi connectivity index (χ0n) is 18.4. The Hall–Kier alpha value is -3.75. The SMILES string of the molecule is CCOc1ccc(NC(=O)NC(=O)COC(=O)CCc2ccccc2OC)cc1OCC. The number of amides is 3. The number of urea groups is 1. The van der Waals surface area contributed by atoms with Gasteiger partial charge >= 0.3 is 12.0 Å². The average Bonchev–Trinajstić information content (AvgIpc) is 2.78. The number of para-hydroxylation sites is 1. The second-order valence-electron chi connectivity index (χ2n) is 6.50. The van der Waals surface area contributed by atoms with E-state index in [2.05, 4.69) is 10.6 Å². The molecule has 2 aromatic rings. The van der Waals surface area contributed by atoms with Gasteiger partial charge in [-0.05, 0) is 44.0 Å². The minimum Gasteiger partial charge on any atom is -0.496 e. The normalized spacial score (nSPS) is 10.1. The van der Waals surface area contributed by atoms with Gasteiger partial charge in [-0.2, -0.15) is 0 Å². The zero-order chi connectivity index (χ0) is 23.3. The Morgan fingerprint density at radius 2 is 1.62 bits per heavy atom. The van der Waals surface area contributed by atoms with E-state index in [0.29, 0.717) is 42.6 Å². The molecule has 0 aliphatic rings. The van der Waals surface area contributed by atoms with Crippen LogP contribution >= 0.6 is 0 Å². The van der Waals surface area contributed by atoms with Crippen LogP contribution in [0.3, 0.4) is 0 Å². The van der Waals surface area contributed by atoms with Crippen LogP contribution < -0.4 is 24.8 Å². The van der Waals surface area contributed by atoms with Crippen LogP contribution in [0.1, 0.15) is 25.8 Å². The molecule has 3 amide bonds. The van der Waals surface area contributed by atoms with Crippen molar-refractivity contribution in [2.75, 3.05) is 32.2 Å². The molecule has 0 atom stereocenters. The van der Waals surface area contributed by atoms with E-state index in [0.717, 1.165) is 5.56 Å². The average molecular weight is 444 g/mol. The van der Waals surface area contributed by atoms with Gasteiger partial charge < -0.3 is 24.3 Å². The molecule has 0 unspecified atom stereocenters. The van der Waals surface area contributed by atoms with Gasteiger partial charge in [-0.3, -0.25) is 14.9 Å². The molecule has 9 nitrogen and oxygen atoms in total. The molecular weight excluding hydrogens is 416 g/mol. The van der Waals surface area contributed by atoms with Crippen molar-refractivity contribution in [3.05, 3.63) is 48.0 Å². The number of benzene rings is 2. The summed E-state index contributed by atoms with van der Waals surface area (Å²) >= 11 is 0. The second kappa shape index (κ2) is 12.8. The van der Waals surface area contributed by atoms with Crippen molar-refractivity contribution in [2.24, 2.45) is 0 Å². The molecule has 0 aliphatic carbocycles. The number of anilines is 1. The predicted octanol–water partition coefficient (Wildman–Crippen LogP) is 3.32. The minimum atomic E-state index is -0.758. The van der Waals surface area contributed by atoms with E-state index < -0.39 is 24.5 Å². The number of esters is 1. The first-order valence-electron chi connectivity index (χ1n) is 10.2. The molecule has 0 aliphatic heterocycles. The molecule has 2 N–H and O–H groups in total. The van der Waals surface area contributed by atoms with Gasteiger partial charge in [0.1, 0.15) is 5.75 Å². The summed E-state index contributed by atoms with van der Waals surface area (Å²) < 4.78 is 21.1. The van der Waals surface area contributed by atoms with Gasteiger partial charge in [-0.25, -0.2) is 4.79 Å². The Labute approximate surface area is 187 Å². The molecule has 0 spiro atoms. The Morgan fingerprint density at radius 1 is 0.906 bits per heavy atom. The molecule has 0 saturated heterocycles. The number of nitrogens with one attached hydrogen (secondary N) is 2. The second-order valence-corrected chi connectivity index (χ2v) is 6.50. The molecule has 2 rings (SSSR count). The molecule has 172 valence electrons. The van der Waals surface area contributed by atoms with Gasteiger partial charge in [-0.1, -0.05) is 18.2 Å². The minimum absolute atomic E-state index is 0.0756. The lowest BCUT2D eigenvalue weighted by Gasteiger charge is -2.13. The van der Waals surface area contributed by atoms with Crippen LogP contribution in [0, 0.1) is 0 Å². The summed E-state index contributed by atoms with van der Waals surface area (Å²) in [7, 11) is 1.55. The van der Waals surface area contributed by atoms with Crippen LogP contribution in [0.2, 0.25) is 0 Å². The van der Waals surface area contributed by atoms with E-state index in [1.165, 1.54) is 0 Å². The van der Waals surface area contributed by atoms with E-state index >= 15 is 0 Å². The van der Waals surface area contributed by atoms with Crippen LogP contribution in [-0.2, 0) is 20.7 Å². The Balaban J connectivity index is 1.78. The van der Waals surface area contributed by atoms with Crippen molar-refractivity contribution in [2.45, 2.75) is 26.7 Å². The number of aryl methyl sites for hydroxylation is 1. The number of ether oxygens (including phenoxy) is 4.